The fourth-order valence-electron chi connectivity index (χ4n) is 2.82. The lowest BCUT2D eigenvalue weighted by Gasteiger charge is -2.15. The summed E-state index contributed by atoms with van der Waals surface area (Å²) in [7, 11) is 0. The number of rotatable bonds is 5. The maximum absolute atomic E-state index is 13.3. The molecule has 0 atom stereocenters. The third-order valence-electron chi connectivity index (χ3n) is 4.06. The number of nitrogens with one attached hydrogen (secondary N) is 2. The molecule has 152 valence electrons. The summed E-state index contributed by atoms with van der Waals surface area (Å²) in [5.74, 6) is -1.89. The van der Waals surface area contributed by atoms with Crippen LogP contribution in [-0.2, 0) is 22.3 Å². The SMILES string of the molecule is CC(=O)Nc1ccc(NC(=O)CCn2c(=O)oc3ccccc32)c(C(F)(F)F)c1. The van der Waals surface area contributed by atoms with Gasteiger partial charge in [-0.25, -0.2) is 4.79 Å². The predicted molar refractivity (Wildman–Crippen MR) is 99.5 cm³/mol. The summed E-state index contributed by atoms with van der Waals surface area (Å²) in [5.41, 5.74) is -0.741. The van der Waals surface area contributed by atoms with Crippen molar-refractivity contribution >= 4 is 34.3 Å². The highest BCUT2D eigenvalue weighted by atomic mass is 19.4. The van der Waals surface area contributed by atoms with Crippen LogP contribution >= 0.6 is 0 Å². The van der Waals surface area contributed by atoms with Gasteiger partial charge in [0.2, 0.25) is 11.8 Å². The van der Waals surface area contributed by atoms with Crippen molar-refractivity contribution in [1.29, 1.82) is 0 Å². The van der Waals surface area contributed by atoms with E-state index in [-0.39, 0.29) is 18.7 Å². The number of anilines is 2. The molecular formula is C19H16F3N3O4. The fraction of sp³-hybridized carbons (Fsp3) is 0.211. The molecule has 0 spiro atoms. The van der Waals surface area contributed by atoms with Gasteiger partial charge in [0.1, 0.15) is 0 Å². The van der Waals surface area contributed by atoms with Crippen LogP contribution in [0.3, 0.4) is 0 Å². The summed E-state index contributed by atoms with van der Waals surface area (Å²) < 4.78 is 46.3. The Morgan fingerprint density at radius 3 is 2.52 bits per heavy atom. The number of carbonyl (C=O) groups is 2. The lowest BCUT2D eigenvalue weighted by Crippen LogP contribution is -2.21. The summed E-state index contributed by atoms with van der Waals surface area (Å²) in [5, 5.41) is 4.47. The number of benzene rings is 2. The average Bonchev–Trinajstić information content (AvgIpc) is 2.95. The lowest BCUT2D eigenvalue weighted by atomic mass is 10.1. The van der Waals surface area contributed by atoms with Crippen molar-refractivity contribution in [2.24, 2.45) is 0 Å². The van der Waals surface area contributed by atoms with E-state index in [1.165, 1.54) is 17.6 Å². The molecule has 10 heteroatoms. The molecule has 3 rings (SSSR count). The molecule has 2 aromatic carbocycles. The smallest absolute Gasteiger partial charge is 0.408 e. The quantitative estimate of drug-likeness (QED) is 0.676. The van der Waals surface area contributed by atoms with Crippen molar-refractivity contribution in [2.75, 3.05) is 10.6 Å². The standard InChI is InChI=1S/C19H16F3N3O4/c1-11(26)23-12-6-7-14(13(10-12)19(20,21)22)24-17(27)8-9-25-15-4-2-3-5-16(15)29-18(25)28/h2-7,10H,8-9H2,1H3,(H,23,26)(H,24,27). The molecule has 0 fully saturated rings. The molecule has 2 N–H and O–H groups in total. The molecule has 7 nitrogen and oxygen atoms in total. The maximum Gasteiger partial charge on any atom is 0.419 e. The molecule has 0 saturated carbocycles. The van der Waals surface area contributed by atoms with Gasteiger partial charge in [-0.3, -0.25) is 14.2 Å². The first-order valence-corrected chi connectivity index (χ1v) is 8.52. The number of hydrogen-bond acceptors (Lipinski definition) is 4. The molecule has 0 bridgehead atoms. The minimum absolute atomic E-state index is 0.0424. The van der Waals surface area contributed by atoms with E-state index in [2.05, 4.69) is 10.6 Å². The lowest BCUT2D eigenvalue weighted by molar-refractivity contribution is -0.137. The van der Waals surface area contributed by atoms with Gasteiger partial charge < -0.3 is 15.1 Å². The summed E-state index contributed by atoms with van der Waals surface area (Å²) in [6, 6.07) is 9.67. The van der Waals surface area contributed by atoms with Crippen molar-refractivity contribution in [2.45, 2.75) is 26.1 Å². The van der Waals surface area contributed by atoms with E-state index in [0.29, 0.717) is 11.1 Å². The number of fused-ring (bicyclic) bond motifs is 1. The van der Waals surface area contributed by atoms with E-state index < -0.39 is 35.0 Å². The van der Waals surface area contributed by atoms with Crippen LogP contribution in [0.2, 0.25) is 0 Å². The van der Waals surface area contributed by atoms with Gasteiger partial charge in [-0.15, -0.1) is 0 Å². The summed E-state index contributed by atoms with van der Waals surface area (Å²) in [4.78, 5) is 35.2. The number of oxazole rings is 1. The Labute approximate surface area is 162 Å². The molecule has 1 aromatic heterocycles. The van der Waals surface area contributed by atoms with Crippen LogP contribution in [0.5, 0.6) is 0 Å². The van der Waals surface area contributed by atoms with E-state index >= 15 is 0 Å². The van der Waals surface area contributed by atoms with E-state index in [1.807, 2.05) is 0 Å². The molecule has 3 aromatic rings. The minimum atomic E-state index is -4.74. The first kappa shape index (κ1) is 20.2. The molecule has 0 radical (unpaired) electrons. The van der Waals surface area contributed by atoms with Crippen LogP contribution in [0.25, 0.3) is 11.1 Å². The van der Waals surface area contributed by atoms with Crippen molar-refractivity contribution < 1.29 is 27.2 Å². The average molecular weight is 407 g/mol. The number of carbonyl (C=O) groups excluding carboxylic acids is 2. The molecule has 0 saturated heterocycles. The largest absolute Gasteiger partial charge is 0.419 e. The number of hydrogen-bond donors (Lipinski definition) is 2. The monoisotopic (exact) mass is 407 g/mol. The Morgan fingerprint density at radius 1 is 1.10 bits per heavy atom. The molecule has 0 aliphatic carbocycles. The minimum Gasteiger partial charge on any atom is -0.408 e. The predicted octanol–water partition coefficient (Wildman–Crippen LogP) is 3.60. The summed E-state index contributed by atoms with van der Waals surface area (Å²) in [6.45, 7) is 1.11. The van der Waals surface area contributed by atoms with Crippen LogP contribution in [0.1, 0.15) is 18.9 Å². The Balaban J connectivity index is 1.77. The van der Waals surface area contributed by atoms with Gasteiger partial charge >= 0.3 is 11.9 Å². The highest BCUT2D eigenvalue weighted by Gasteiger charge is 2.34. The summed E-state index contributed by atoms with van der Waals surface area (Å²) >= 11 is 0. The molecule has 0 aliphatic heterocycles. The first-order valence-electron chi connectivity index (χ1n) is 8.52. The van der Waals surface area contributed by atoms with E-state index in [1.54, 1.807) is 24.3 Å². The Kier molecular flexibility index (Phi) is 5.44. The van der Waals surface area contributed by atoms with E-state index in [4.69, 9.17) is 4.42 Å². The number of nitrogens with zero attached hydrogens (tertiary/aromatic N) is 1. The van der Waals surface area contributed by atoms with Gasteiger partial charge in [0, 0.05) is 25.6 Å². The highest BCUT2D eigenvalue weighted by Crippen LogP contribution is 2.36. The van der Waals surface area contributed by atoms with Gasteiger partial charge in [0.15, 0.2) is 5.58 Å². The molecule has 29 heavy (non-hydrogen) atoms. The van der Waals surface area contributed by atoms with Gasteiger partial charge in [-0.1, -0.05) is 12.1 Å². The Morgan fingerprint density at radius 2 is 1.83 bits per heavy atom. The number of alkyl halides is 3. The van der Waals surface area contributed by atoms with Gasteiger partial charge in [-0.2, -0.15) is 13.2 Å². The molecular weight excluding hydrogens is 391 g/mol. The van der Waals surface area contributed by atoms with E-state index in [9.17, 15) is 27.6 Å². The maximum atomic E-state index is 13.3. The third-order valence-corrected chi connectivity index (χ3v) is 4.06. The number of aryl methyl sites for hydroxylation is 1. The second-order valence-electron chi connectivity index (χ2n) is 6.22. The van der Waals surface area contributed by atoms with Crippen LogP contribution in [0, 0.1) is 0 Å². The molecule has 0 aliphatic rings. The number of aromatic nitrogens is 1. The zero-order chi connectivity index (χ0) is 21.2. The second kappa shape index (κ2) is 7.82. The molecule has 0 unspecified atom stereocenters. The van der Waals surface area contributed by atoms with E-state index in [0.717, 1.165) is 12.1 Å². The Hall–Kier alpha value is -3.56. The van der Waals surface area contributed by atoms with Crippen LogP contribution in [0.4, 0.5) is 24.5 Å². The normalized spacial score (nSPS) is 11.4. The molecule has 2 amide bonds. The highest BCUT2D eigenvalue weighted by molar-refractivity contribution is 5.93. The third kappa shape index (κ3) is 4.65. The van der Waals surface area contributed by atoms with Crippen LogP contribution in [-0.4, -0.2) is 16.4 Å². The van der Waals surface area contributed by atoms with Crippen LogP contribution < -0.4 is 16.4 Å². The van der Waals surface area contributed by atoms with Gasteiger partial charge in [0.25, 0.3) is 0 Å². The van der Waals surface area contributed by atoms with Crippen molar-refractivity contribution in [1.82, 2.24) is 4.57 Å². The van der Waals surface area contributed by atoms with Crippen LogP contribution in [0.15, 0.2) is 51.7 Å². The van der Waals surface area contributed by atoms with Gasteiger partial charge in [0.05, 0.1) is 16.8 Å². The summed E-state index contributed by atoms with van der Waals surface area (Å²) in [6.07, 6.45) is -4.98. The zero-order valence-corrected chi connectivity index (χ0v) is 15.2. The topological polar surface area (TPSA) is 93.3 Å². The Bertz CT molecular complexity index is 1130. The van der Waals surface area contributed by atoms with Gasteiger partial charge in [-0.05, 0) is 30.3 Å². The number of halogens is 3. The van der Waals surface area contributed by atoms with Crippen molar-refractivity contribution in [3.63, 3.8) is 0 Å². The van der Waals surface area contributed by atoms with Crippen molar-refractivity contribution in [3.05, 3.63) is 58.6 Å². The zero-order valence-electron chi connectivity index (χ0n) is 15.2. The molecule has 1 heterocycles. The first-order chi connectivity index (χ1) is 13.6. The van der Waals surface area contributed by atoms with Crippen molar-refractivity contribution in [3.8, 4) is 0 Å². The number of amides is 2. The fourth-order valence-corrected chi connectivity index (χ4v) is 2.82. The number of para-hydroxylation sites is 2. The second-order valence-corrected chi connectivity index (χ2v) is 6.22.